The summed E-state index contributed by atoms with van der Waals surface area (Å²) in [6.45, 7) is 2.73. The van der Waals surface area contributed by atoms with Gasteiger partial charge in [-0.05, 0) is 44.7 Å². The molecule has 0 atom stereocenters. The van der Waals surface area contributed by atoms with Crippen LogP contribution in [-0.4, -0.2) is 48.6 Å². The van der Waals surface area contributed by atoms with Crippen LogP contribution >= 0.6 is 11.3 Å². The summed E-state index contributed by atoms with van der Waals surface area (Å²) >= 11 is 1.14. The standard InChI is InChI=1S/C19H25N3O5S2/c1-2-26-19(23)14-9-11-22(12-10-14)29(24,25)16-8-7-15(28-16)18-21-20-17(27-18)13-5-3-4-6-13/h7-8,13-14H,2-6,9-12H2,1H3. The maximum absolute atomic E-state index is 13.0. The zero-order valence-corrected chi connectivity index (χ0v) is 18.0. The Hall–Kier alpha value is -1.78. The zero-order chi connectivity index (χ0) is 20.4. The predicted molar refractivity (Wildman–Crippen MR) is 107 cm³/mol. The molecule has 29 heavy (non-hydrogen) atoms. The minimum Gasteiger partial charge on any atom is -0.466 e. The molecule has 0 N–H and O–H groups in total. The number of sulfonamides is 1. The number of hydrogen-bond donors (Lipinski definition) is 0. The van der Waals surface area contributed by atoms with Crippen molar-refractivity contribution in [3.63, 3.8) is 0 Å². The zero-order valence-electron chi connectivity index (χ0n) is 16.4. The minimum atomic E-state index is -3.61. The SMILES string of the molecule is CCOC(=O)C1CCN(S(=O)(=O)c2ccc(-c3nnc(C4CCCC4)o3)s2)CC1. The van der Waals surface area contributed by atoms with E-state index < -0.39 is 10.0 Å². The summed E-state index contributed by atoms with van der Waals surface area (Å²) < 4.78 is 38.6. The number of carbonyl (C=O) groups excluding carboxylic acids is 1. The topological polar surface area (TPSA) is 103 Å². The maximum atomic E-state index is 13.0. The lowest BCUT2D eigenvalue weighted by Crippen LogP contribution is -2.40. The van der Waals surface area contributed by atoms with Gasteiger partial charge < -0.3 is 9.15 Å². The summed E-state index contributed by atoms with van der Waals surface area (Å²) in [6, 6.07) is 3.31. The van der Waals surface area contributed by atoms with E-state index in [1.165, 1.54) is 17.1 Å². The molecule has 4 rings (SSSR count). The third kappa shape index (κ3) is 4.24. The summed E-state index contributed by atoms with van der Waals surface area (Å²) in [5.41, 5.74) is 0. The van der Waals surface area contributed by atoms with Gasteiger partial charge in [0.2, 0.25) is 5.89 Å². The number of carbonyl (C=O) groups is 1. The third-order valence-corrected chi connectivity index (χ3v) is 9.04. The van der Waals surface area contributed by atoms with Crippen LogP contribution in [0.2, 0.25) is 0 Å². The average molecular weight is 440 g/mol. The fraction of sp³-hybridized carbons (Fsp3) is 0.632. The predicted octanol–water partition coefficient (Wildman–Crippen LogP) is 3.42. The molecular formula is C19H25N3O5S2. The van der Waals surface area contributed by atoms with E-state index in [-0.39, 0.29) is 16.1 Å². The van der Waals surface area contributed by atoms with Crippen LogP contribution < -0.4 is 0 Å². The highest BCUT2D eigenvalue weighted by atomic mass is 32.2. The van der Waals surface area contributed by atoms with E-state index >= 15 is 0 Å². The lowest BCUT2D eigenvalue weighted by molar-refractivity contribution is -0.149. The van der Waals surface area contributed by atoms with Crippen LogP contribution in [-0.2, 0) is 19.6 Å². The lowest BCUT2D eigenvalue weighted by Gasteiger charge is -2.29. The van der Waals surface area contributed by atoms with Crippen molar-refractivity contribution in [2.45, 2.75) is 55.6 Å². The molecule has 158 valence electrons. The number of hydrogen-bond acceptors (Lipinski definition) is 8. The fourth-order valence-corrected chi connectivity index (χ4v) is 6.82. The van der Waals surface area contributed by atoms with Crippen LogP contribution in [0, 0.1) is 5.92 Å². The molecule has 0 bridgehead atoms. The van der Waals surface area contributed by atoms with Crippen molar-refractivity contribution >= 4 is 27.3 Å². The minimum absolute atomic E-state index is 0.229. The third-order valence-electron chi connectivity index (χ3n) is 5.61. The number of ether oxygens (including phenoxy) is 1. The smallest absolute Gasteiger partial charge is 0.309 e. The van der Waals surface area contributed by atoms with E-state index in [9.17, 15) is 13.2 Å². The Balaban J connectivity index is 1.44. The van der Waals surface area contributed by atoms with Gasteiger partial charge in [-0.3, -0.25) is 4.79 Å². The molecule has 10 heteroatoms. The van der Waals surface area contributed by atoms with Gasteiger partial charge in [-0.15, -0.1) is 21.5 Å². The van der Waals surface area contributed by atoms with Crippen LogP contribution in [0.5, 0.6) is 0 Å². The van der Waals surface area contributed by atoms with Crippen molar-refractivity contribution in [2.24, 2.45) is 5.92 Å². The number of rotatable bonds is 6. The molecule has 8 nitrogen and oxygen atoms in total. The van der Waals surface area contributed by atoms with Crippen LogP contribution in [0.1, 0.15) is 57.3 Å². The van der Waals surface area contributed by atoms with Gasteiger partial charge in [0.15, 0.2) is 0 Å². The van der Waals surface area contributed by atoms with Gasteiger partial charge in [-0.25, -0.2) is 8.42 Å². The molecule has 2 aromatic rings. The number of esters is 1. The molecule has 0 unspecified atom stereocenters. The highest BCUT2D eigenvalue weighted by Gasteiger charge is 2.34. The Morgan fingerprint density at radius 3 is 2.62 bits per heavy atom. The van der Waals surface area contributed by atoms with E-state index in [1.54, 1.807) is 19.1 Å². The van der Waals surface area contributed by atoms with Crippen LogP contribution in [0.25, 0.3) is 10.8 Å². The van der Waals surface area contributed by atoms with Gasteiger partial charge in [0.25, 0.3) is 15.9 Å². The quantitative estimate of drug-likeness (QED) is 0.635. The van der Waals surface area contributed by atoms with Gasteiger partial charge in [-0.1, -0.05) is 12.8 Å². The summed E-state index contributed by atoms with van der Waals surface area (Å²) in [6.07, 6.45) is 5.43. The van der Waals surface area contributed by atoms with E-state index in [0.29, 0.717) is 55.1 Å². The first-order chi connectivity index (χ1) is 14.0. The molecule has 3 heterocycles. The second-order valence-corrected chi connectivity index (χ2v) is 10.7. The molecule has 1 saturated heterocycles. The molecule has 2 aliphatic rings. The number of thiophene rings is 1. The summed E-state index contributed by atoms with van der Waals surface area (Å²) in [5, 5.41) is 8.28. The summed E-state index contributed by atoms with van der Waals surface area (Å²) in [5.74, 6) is 0.876. The number of aromatic nitrogens is 2. The van der Waals surface area contributed by atoms with Gasteiger partial charge in [-0.2, -0.15) is 4.31 Å². The maximum Gasteiger partial charge on any atom is 0.309 e. The summed E-state index contributed by atoms with van der Waals surface area (Å²) in [4.78, 5) is 12.5. The molecule has 0 radical (unpaired) electrons. The molecule has 0 spiro atoms. The molecule has 1 aliphatic carbocycles. The Kier molecular flexibility index (Phi) is 6.03. The first-order valence-corrected chi connectivity index (χ1v) is 12.3. The molecule has 0 amide bonds. The van der Waals surface area contributed by atoms with Crippen molar-refractivity contribution in [1.82, 2.24) is 14.5 Å². The normalized spacial score (nSPS) is 19.6. The van der Waals surface area contributed by atoms with E-state index in [4.69, 9.17) is 9.15 Å². The lowest BCUT2D eigenvalue weighted by atomic mass is 9.98. The molecule has 1 aliphatic heterocycles. The Labute approximate surface area is 174 Å². The molecule has 2 aromatic heterocycles. The Morgan fingerprint density at radius 1 is 1.21 bits per heavy atom. The first kappa shape index (κ1) is 20.5. The van der Waals surface area contributed by atoms with Gasteiger partial charge >= 0.3 is 5.97 Å². The van der Waals surface area contributed by atoms with Crippen molar-refractivity contribution in [3.8, 4) is 10.8 Å². The largest absolute Gasteiger partial charge is 0.466 e. The first-order valence-electron chi connectivity index (χ1n) is 10.1. The highest BCUT2D eigenvalue weighted by molar-refractivity contribution is 7.91. The van der Waals surface area contributed by atoms with Gasteiger partial charge in [0.05, 0.1) is 17.4 Å². The van der Waals surface area contributed by atoms with Crippen LogP contribution in [0.4, 0.5) is 0 Å². The van der Waals surface area contributed by atoms with E-state index in [0.717, 1.165) is 24.2 Å². The Morgan fingerprint density at radius 2 is 1.93 bits per heavy atom. The number of nitrogens with zero attached hydrogens (tertiary/aromatic N) is 3. The van der Waals surface area contributed by atoms with Crippen molar-refractivity contribution < 1.29 is 22.4 Å². The highest BCUT2D eigenvalue weighted by Crippen LogP contribution is 2.37. The van der Waals surface area contributed by atoms with Crippen molar-refractivity contribution in [1.29, 1.82) is 0 Å². The van der Waals surface area contributed by atoms with Crippen LogP contribution in [0.15, 0.2) is 20.8 Å². The molecule has 0 aromatic carbocycles. The molecule has 1 saturated carbocycles. The van der Waals surface area contributed by atoms with Gasteiger partial charge in [0, 0.05) is 19.0 Å². The molecule has 2 fully saturated rings. The monoisotopic (exact) mass is 439 g/mol. The van der Waals surface area contributed by atoms with E-state index in [1.807, 2.05) is 0 Å². The van der Waals surface area contributed by atoms with E-state index in [2.05, 4.69) is 10.2 Å². The molecular weight excluding hydrogens is 414 g/mol. The summed E-state index contributed by atoms with van der Waals surface area (Å²) in [7, 11) is -3.61. The van der Waals surface area contributed by atoms with Crippen molar-refractivity contribution in [3.05, 3.63) is 18.0 Å². The average Bonchev–Trinajstić information content (AvgIpc) is 3.49. The van der Waals surface area contributed by atoms with Gasteiger partial charge in [0.1, 0.15) is 4.21 Å². The van der Waals surface area contributed by atoms with Crippen LogP contribution in [0.3, 0.4) is 0 Å². The second-order valence-electron chi connectivity index (χ2n) is 7.48. The number of piperidine rings is 1. The second kappa shape index (κ2) is 8.53. The Bertz CT molecular complexity index is 954. The van der Waals surface area contributed by atoms with Crippen molar-refractivity contribution in [2.75, 3.05) is 19.7 Å². The fourth-order valence-electron chi connectivity index (χ4n) is 3.96.